The van der Waals surface area contributed by atoms with Crippen LogP contribution in [-0.2, 0) is 0 Å². The van der Waals surface area contributed by atoms with Gasteiger partial charge in [0.1, 0.15) is 12.1 Å². The first-order chi connectivity index (χ1) is 4.09. The molecule has 0 fully saturated rings. The Balaban J connectivity index is 4.01. The molecule has 0 N–H and O–H groups in total. The topological polar surface area (TPSA) is 3.01 Å². The standard InChI is InChI=1S/C7H15ClN/c1-6(2)9(5-8)7(3)4/h5-7H,1-4H3/q+1. The van der Waals surface area contributed by atoms with Gasteiger partial charge in [0.15, 0.2) is 0 Å². The average Bonchev–Trinajstić information content (AvgIpc) is 1.64. The molecule has 0 bridgehead atoms. The summed E-state index contributed by atoms with van der Waals surface area (Å²) in [5.41, 5.74) is 1.62. The first-order valence-corrected chi connectivity index (χ1v) is 3.74. The Hall–Kier alpha value is -0.0400. The van der Waals surface area contributed by atoms with E-state index in [1.807, 2.05) is 0 Å². The van der Waals surface area contributed by atoms with Crippen molar-refractivity contribution in [2.75, 3.05) is 0 Å². The van der Waals surface area contributed by atoms with Crippen molar-refractivity contribution in [2.24, 2.45) is 0 Å². The summed E-state index contributed by atoms with van der Waals surface area (Å²) >= 11 is 5.56. The monoisotopic (exact) mass is 148 g/mol. The lowest BCUT2D eigenvalue weighted by Crippen LogP contribution is -2.27. The average molecular weight is 149 g/mol. The van der Waals surface area contributed by atoms with Crippen LogP contribution in [-0.4, -0.2) is 22.3 Å². The number of rotatable bonds is 2. The number of hydrogen-bond acceptors (Lipinski definition) is 0. The third-order valence-corrected chi connectivity index (χ3v) is 1.53. The van der Waals surface area contributed by atoms with Crippen molar-refractivity contribution in [1.29, 1.82) is 0 Å². The fourth-order valence-corrected chi connectivity index (χ4v) is 1.27. The van der Waals surface area contributed by atoms with Gasteiger partial charge in [-0.05, 0) is 39.3 Å². The van der Waals surface area contributed by atoms with Crippen LogP contribution in [0.25, 0.3) is 0 Å². The minimum absolute atomic E-state index is 0.502. The second-order valence-corrected chi connectivity index (χ2v) is 2.93. The predicted octanol–water partition coefficient (Wildman–Crippen LogP) is 2.08. The molecule has 0 aliphatic heterocycles. The van der Waals surface area contributed by atoms with Crippen molar-refractivity contribution in [2.45, 2.75) is 39.8 Å². The molecule has 0 rings (SSSR count). The molecule has 0 radical (unpaired) electrons. The minimum Gasteiger partial charge on any atom is -0.222 e. The quantitative estimate of drug-likeness (QED) is 0.417. The first-order valence-electron chi connectivity index (χ1n) is 3.30. The highest BCUT2D eigenvalue weighted by molar-refractivity contribution is 6.54. The number of nitrogens with zero attached hydrogens (tertiary/aromatic N) is 1. The van der Waals surface area contributed by atoms with Gasteiger partial charge < -0.3 is 0 Å². The lowest BCUT2D eigenvalue weighted by Gasteiger charge is -2.08. The van der Waals surface area contributed by atoms with Crippen LogP contribution in [0.1, 0.15) is 27.7 Å². The van der Waals surface area contributed by atoms with Crippen molar-refractivity contribution in [3.8, 4) is 0 Å². The van der Waals surface area contributed by atoms with Gasteiger partial charge in [0.25, 0.3) is 0 Å². The van der Waals surface area contributed by atoms with E-state index in [1.54, 1.807) is 5.67 Å². The Bertz CT molecular complexity index is 95.5. The van der Waals surface area contributed by atoms with Crippen LogP contribution in [0.15, 0.2) is 0 Å². The van der Waals surface area contributed by atoms with Crippen molar-refractivity contribution in [3.63, 3.8) is 0 Å². The van der Waals surface area contributed by atoms with E-state index in [1.165, 1.54) is 0 Å². The van der Waals surface area contributed by atoms with Gasteiger partial charge in [-0.2, -0.15) is 0 Å². The van der Waals surface area contributed by atoms with Gasteiger partial charge in [0.2, 0.25) is 5.67 Å². The van der Waals surface area contributed by atoms with Gasteiger partial charge in [-0.25, -0.2) is 4.58 Å². The molecule has 0 heterocycles. The Morgan fingerprint density at radius 3 is 1.44 bits per heavy atom. The highest BCUT2D eigenvalue weighted by Crippen LogP contribution is 1.95. The van der Waals surface area contributed by atoms with E-state index < -0.39 is 0 Å². The molecule has 54 valence electrons. The van der Waals surface area contributed by atoms with Crippen molar-refractivity contribution < 1.29 is 4.58 Å². The van der Waals surface area contributed by atoms with Gasteiger partial charge >= 0.3 is 0 Å². The number of hydrogen-bond donors (Lipinski definition) is 0. The zero-order valence-corrected chi connectivity index (χ0v) is 7.31. The third kappa shape index (κ3) is 2.85. The summed E-state index contributed by atoms with van der Waals surface area (Å²) in [6, 6.07) is 1.00. The summed E-state index contributed by atoms with van der Waals surface area (Å²) in [5, 5.41) is 0. The van der Waals surface area contributed by atoms with Gasteiger partial charge in [-0.15, -0.1) is 0 Å². The molecular formula is C7H15ClN+. The SMILES string of the molecule is CC(C)[N+](=CCl)C(C)C. The highest BCUT2D eigenvalue weighted by Gasteiger charge is 2.11. The Morgan fingerprint density at radius 2 is 1.44 bits per heavy atom. The van der Waals surface area contributed by atoms with E-state index in [9.17, 15) is 0 Å². The van der Waals surface area contributed by atoms with Gasteiger partial charge in [0, 0.05) is 0 Å². The Labute approximate surface area is 62.3 Å². The fourth-order valence-electron chi connectivity index (χ4n) is 0.822. The van der Waals surface area contributed by atoms with Crippen LogP contribution in [0.3, 0.4) is 0 Å². The molecule has 1 nitrogen and oxygen atoms in total. The third-order valence-electron chi connectivity index (χ3n) is 1.31. The zero-order valence-electron chi connectivity index (χ0n) is 6.56. The summed E-state index contributed by atoms with van der Waals surface area (Å²) < 4.78 is 2.10. The molecule has 0 saturated heterocycles. The summed E-state index contributed by atoms with van der Waals surface area (Å²) in [6.07, 6.45) is 0. The summed E-state index contributed by atoms with van der Waals surface area (Å²) in [5.74, 6) is 0. The lowest BCUT2D eigenvalue weighted by atomic mass is 10.3. The maximum Gasteiger partial charge on any atom is 0.232 e. The van der Waals surface area contributed by atoms with Gasteiger partial charge in [-0.3, -0.25) is 0 Å². The van der Waals surface area contributed by atoms with Gasteiger partial charge in [0.05, 0.1) is 0 Å². The second kappa shape index (κ2) is 3.89. The van der Waals surface area contributed by atoms with E-state index >= 15 is 0 Å². The smallest absolute Gasteiger partial charge is 0.222 e. The maximum absolute atomic E-state index is 5.56. The molecule has 2 heteroatoms. The van der Waals surface area contributed by atoms with E-state index in [0.717, 1.165) is 0 Å². The zero-order chi connectivity index (χ0) is 7.44. The van der Waals surface area contributed by atoms with Crippen LogP contribution >= 0.6 is 11.6 Å². The highest BCUT2D eigenvalue weighted by atomic mass is 35.5. The van der Waals surface area contributed by atoms with Crippen LogP contribution in [0.5, 0.6) is 0 Å². The molecule has 0 atom stereocenters. The molecule has 0 aliphatic rings. The summed E-state index contributed by atoms with van der Waals surface area (Å²) in [6.45, 7) is 8.50. The second-order valence-electron chi connectivity index (χ2n) is 2.73. The summed E-state index contributed by atoms with van der Waals surface area (Å²) in [7, 11) is 0. The van der Waals surface area contributed by atoms with Crippen molar-refractivity contribution in [3.05, 3.63) is 0 Å². The van der Waals surface area contributed by atoms with Crippen LogP contribution < -0.4 is 0 Å². The fraction of sp³-hybridized carbons (Fsp3) is 0.857. The van der Waals surface area contributed by atoms with Crippen molar-refractivity contribution in [1.82, 2.24) is 0 Å². The van der Waals surface area contributed by atoms with E-state index in [-0.39, 0.29) is 0 Å². The van der Waals surface area contributed by atoms with Crippen LogP contribution in [0.2, 0.25) is 0 Å². The van der Waals surface area contributed by atoms with Crippen LogP contribution in [0, 0.1) is 0 Å². The van der Waals surface area contributed by atoms with Crippen LogP contribution in [0.4, 0.5) is 0 Å². The first kappa shape index (κ1) is 8.96. The molecule has 0 aromatic heterocycles. The molecule has 0 amide bonds. The van der Waals surface area contributed by atoms with Crippen molar-refractivity contribution >= 4 is 17.3 Å². The Morgan fingerprint density at radius 1 is 1.11 bits per heavy atom. The molecule has 0 unspecified atom stereocenters. The van der Waals surface area contributed by atoms with E-state index in [2.05, 4.69) is 32.3 Å². The molecule has 0 aromatic rings. The van der Waals surface area contributed by atoms with Gasteiger partial charge in [-0.1, -0.05) is 0 Å². The molecule has 0 aliphatic carbocycles. The Kier molecular flexibility index (Phi) is 3.87. The maximum atomic E-state index is 5.56. The number of halogens is 1. The van der Waals surface area contributed by atoms with E-state index in [0.29, 0.717) is 12.1 Å². The predicted molar refractivity (Wildman–Crippen MR) is 42.4 cm³/mol. The van der Waals surface area contributed by atoms with E-state index in [4.69, 9.17) is 11.6 Å². The molecule has 9 heavy (non-hydrogen) atoms. The molecule has 0 saturated carbocycles. The largest absolute Gasteiger partial charge is 0.232 e. The summed E-state index contributed by atoms with van der Waals surface area (Å²) in [4.78, 5) is 0. The molecular weight excluding hydrogens is 134 g/mol. The lowest BCUT2D eigenvalue weighted by molar-refractivity contribution is -0.581. The minimum atomic E-state index is 0.502. The normalized spacial score (nSPS) is 10.6. The molecule has 0 aromatic carbocycles. The molecule has 0 spiro atoms.